The Labute approximate surface area is 214 Å². The summed E-state index contributed by atoms with van der Waals surface area (Å²) in [7, 11) is -2.80. The van der Waals surface area contributed by atoms with Crippen molar-refractivity contribution in [2.45, 2.75) is 25.4 Å². The highest BCUT2D eigenvalue weighted by atomic mass is 35.5. The van der Waals surface area contributed by atoms with Crippen LogP contribution < -0.4 is 5.30 Å². The molecule has 0 spiro atoms. The molecule has 2 atom stereocenters. The third-order valence-electron chi connectivity index (χ3n) is 6.90. The number of amides is 1. The Morgan fingerprint density at radius 2 is 1.94 bits per heavy atom. The van der Waals surface area contributed by atoms with E-state index in [9.17, 15) is 13.8 Å². The maximum Gasteiger partial charge on any atom is 0.254 e. The van der Waals surface area contributed by atoms with Gasteiger partial charge in [0.05, 0.1) is 23.1 Å². The molecule has 3 heterocycles. The van der Waals surface area contributed by atoms with Gasteiger partial charge in [-0.2, -0.15) is 0 Å². The van der Waals surface area contributed by atoms with Crippen molar-refractivity contribution in [3.63, 3.8) is 0 Å². The zero-order chi connectivity index (χ0) is 28.9. The molecule has 0 saturated heterocycles. The van der Waals surface area contributed by atoms with Gasteiger partial charge in [0.25, 0.3) is 5.91 Å². The molecule has 0 unspecified atom stereocenters. The van der Waals surface area contributed by atoms with Crippen molar-refractivity contribution in [1.29, 1.82) is 0 Å². The van der Waals surface area contributed by atoms with Crippen molar-refractivity contribution in [3.05, 3.63) is 82.4 Å². The van der Waals surface area contributed by atoms with E-state index in [-0.39, 0.29) is 17.3 Å². The van der Waals surface area contributed by atoms with E-state index in [1.54, 1.807) is 30.3 Å². The molecular formula is C27H24ClFN3O2P. The van der Waals surface area contributed by atoms with E-state index in [0.29, 0.717) is 38.6 Å². The van der Waals surface area contributed by atoms with Gasteiger partial charge in [-0.1, -0.05) is 29.8 Å². The summed E-state index contributed by atoms with van der Waals surface area (Å²) in [5.74, 6) is -0.966. The fourth-order valence-corrected chi connectivity index (χ4v) is 6.64. The maximum atomic E-state index is 14.9. The average Bonchev–Trinajstić information content (AvgIpc) is 3.35. The van der Waals surface area contributed by atoms with E-state index in [1.165, 1.54) is 31.5 Å². The highest BCUT2D eigenvalue weighted by molar-refractivity contribution is 7.70. The number of aromatic nitrogens is 2. The van der Waals surface area contributed by atoms with Crippen molar-refractivity contribution in [2.24, 2.45) is 0 Å². The minimum Gasteiger partial charge on any atom is -0.329 e. The van der Waals surface area contributed by atoms with Crippen LogP contribution in [0.5, 0.6) is 0 Å². The van der Waals surface area contributed by atoms with E-state index in [2.05, 4.69) is 0 Å². The van der Waals surface area contributed by atoms with Crippen LogP contribution in [0.25, 0.3) is 22.2 Å². The smallest absolute Gasteiger partial charge is 0.254 e. The van der Waals surface area contributed by atoms with Crippen LogP contribution in [-0.4, -0.2) is 40.2 Å². The first-order valence-corrected chi connectivity index (χ1v) is 14.1. The lowest BCUT2D eigenvalue weighted by Crippen LogP contribution is -2.34. The van der Waals surface area contributed by atoms with Crippen molar-refractivity contribution in [2.75, 3.05) is 19.8 Å². The predicted octanol–water partition coefficient (Wildman–Crippen LogP) is 6.25. The van der Waals surface area contributed by atoms with Crippen molar-refractivity contribution >= 4 is 41.0 Å². The lowest BCUT2D eigenvalue weighted by atomic mass is 9.98. The van der Waals surface area contributed by atoms with E-state index in [0.717, 1.165) is 4.90 Å². The molecule has 2 aliphatic heterocycles. The SMILES string of the molecule is [2H]C([2H])([2H])C([2H])([2H])N1C(=O)c2cccc(Cl)c2[C@H]2C[C@@H]1c1nc3ccc(-c4ccc(P(C)(C)=O)c(F)c4)cc3n12. The minimum absolute atomic E-state index is 0.137. The zero-order valence-corrected chi connectivity index (χ0v) is 20.6. The number of halogens is 2. The largest absolute Gasteiger partial charge is 0.329 e. The summed E-state index contributed by atoms with van der Waals surface area (Å²) in [6.07, 6.45) is 0.187. The normalized spacial score (nSPS) is 22.0. The Morgan fingerprint density at radius 3 is 2.69 bits per heavy atom. The first kappa shape index (κ1) is 17.5. The Bertz CT molecular complexity index is 1780. The van der Waals surface area contributed by atoms with Gasteiger partial charge >= 0.3 is 0 Å². The van der Waals surface area contributed by atoms with Gasteiger partial charge in [-0.3, -0.25) is 4.79 Å². The summed E-state index contributed by atoms with van der Waals surface area (Å²) >= 11 is 6.63. The van der Waals surface area contributed by atoms with Crippen LogP contribution in [0.3, 0.4) is 0 Å². The molecule has 4 aromatic rings. The topological polar surface area (TPSA) is 55.2 Å². The molecule has 2 bridgehead atoms. The van der Waals surface area contributed by atoms with Gasteiger partial charge in [0.2, 0.25) is 0 Å². The van der Waals surface area contributed by atoms with E-state index in [4.69, 9.17) is 23.4 Å². The summed E-state index contributed by atoms with van der Waals surface area (Å²) in [6, 6.07) is 13.2. The molecule has 5 nitrogen and oxygen atoms in total. The Hall–Kier alpha value is -2.95. The predicted molar refractivity (Wildman–Crippen MR) is 138 cm³/mol. The van der Waals surface area contributed by atoms with Gasteiger partial charge in [0.15, 0.2) is 0 Å². The third kappa shape index (κ3) is 3.30. The number of carbonyl (C=O) groups excluding carboxylic acids is 1. The van der Waals surface area contributed by atoms with Crippen LogP contribution >= 0.6 is 18.7 Å². The van der Waals surface area contributed by atoms with Gasteiger partial charge in [-0.25, -0.2) is 9.37 Å². The summed E-state index contributed by atoms with van der Waals surface area (Å²) in [4.78, 5) is 19.3. The number of hydrogen-bond donors (Lipinski definition) is 0. The van der Waals surface area contributed by atoms with Gasteiger partial charge in [0, 0.05) is 41.2 Å². The summed E-state index contributed by atoms with van der Waals surface area (Å²) in [6.45, 7) is -3.08. The molecule has 0 aliphatic carbocycles. The molecule has 0 saturated carbocycles. The van der Waals surface area contributed by atoms with Crippen LogP contribution in [0, 0.1) is 5.82 Å². The molecule has 0 fully saturated rings. The fourth-order valence-electron chi connectivity index (χ4n) is 5.33. The monoisotopic (exact) mass is 512 g/mol. The van der Waals surface area contributed by atoms with Crippen LogP contribution in [0.15, 0.2) is 54.6 Å². The van der Waals surface area contributed by atoms with Gasteiger partial charge in [0.1, 0.15) is 18.8 Å². The lowest BCUT2D eigenvalue weighted by Gasteiger charge is -2.27. The molecular weight excluding hydrogens is 484 g/mol. The Balaban J connectivity index is 1.58. The highest BCUT2D eigenvalue weighted by Gasteiger charge is 2.45. The molecule has 0 radical (unpaired) electrons. The second-order valence-electron chi connectivity index (χ2n) is 9.32. The molecule has 8 heteroatoms. The average molecular weight is 513 g/mol. The van der Waals surface area contributed by atoms with Crippen molar-refractivity contribution in [3.8, 4) is 11.1 Å². The number of nitrogens with zero attached hydrogens (tertiary/aromatic N) is 3. The Morgan fingerprint density at radius 1 is 1.17 bits per heavy atom. The molecule has 0 N–H and O–H groups in total. The van der Waals surface area contributed by atoms with Crippen molar-refractivity contribution in [1.82, 2.24) is 14.5 Å². The first-order valence-electron chi connectivity index (χ1n) is 13.6. The summed E-state index contributed by atoms with van der Waals surface area (Å²) < 4.78 is 69.9. The quantitative estimate of drug-likeness (QED) is 0.305. The highest BCUT2D eigenvalue weighted by Crippen LogP contribution is 2.49. The minimum atomic E-state index is -3.12. The van der Waals surface area contributed by atoms with E-state index < -0.39 is 44.3 Å². The molecule has 1 amide bonds. The maximum absolute atomic E-state index is 14.9. The third-order valence-corrected chi connectivity index (χ3v) is 8.75. The Kier molecular flexibility index (Phi) is 3.88. The number of rotatable bonds is 3. The second-order valence-corrected chi connectivity index (χ2v) is 12.9. The van der Waals surface area contributed by atoms with Crippen LogP contribution in [-0.2, 0) is 4.57 Å². The van der Waals surface area contributed by atoms with Gasteiger partial charge in [-0.05, 0) is 67.7 Å². The van der Waals surface area contributed by atoms with E-state index >= 15 is 0 Å². The van der Waals surface area contributed by atoms with Gasteiger partial charge in [-0.15, -0.1) is 0 Å². The first-order chi connectivity index (χ1) is 18.6. The van der Waals surface area contributed by atoms with Crippen molar-refractivity contribution < 1.29 is 20.6 Å². The molecule has 35 heavy (non-hydrogen) atoms. The number of imidazole rings is 1. The molecule has 3 aromatic carbocycles. The second kappa shape index (κ2) is 7.78. The lowest BCUT2D eigenvalue weighted by molar-refractivity contribution is 0.0692. The summed E-state index contributed by atoms with van der Waals surface area (Å²) in [5, 5.41) is 0.477. The van der Waals surface area contributed by atoms with Crippen LogP contribution in [0.4, 0.5) is 4.39 Å². The number of hydrogen-bond acceptors (Lipinski definition) is 3. The van der Waals surface area contributed by atoms with Gasteiger partial charge < -0.3 is 14.0 Å². The standard InChI is InChI=1S/C27H24ClFN3O2P/c1-4-31-23-14-22(25-17(27(31)33)6-5-7-18(25)28)32-21-13-16(8-10-20(21)30-26(23)32)15-9-11-24(19(29)12-15)35(2,3)34/h5-13,22-23H,4,14H2,1-3H3/t22-,23-/m1/s1/i1D3,4D2. The molecule has 2 aliphatic rings. The molecule has 178 valence electrons. The molecule has 1 aromatic heterocycles. The number of fused-ring (bicyclic) bond motifs is 9. The molecule has 6 rings (SSSR count). The summed E-state index contributed by atoms with van der Waals surface area (Å²) in [5.41, 5.74) is 3.05. The number of benzene rings is 3. The van der Waals surface area contributed by atoms with Crippen LogP contribution in [0.2, 0.25) is 5.02 Å². The zero-order valence-electron chi connectivity index (χ0n) is 23.9. The number of carbonyl (C=O) groups is 1. The fraction of sp³-hybridized carbons (Fsp3) is 0.259. The van der Waals surface area contributed by atoms with E-state index in [1.807, 2.05) is 10.6 Å². The van der Waals surface area contributed by atoms with Crippen LogP contribution in [0.1, 0.15) is 54.0 Å².